The van der Waals surface area contributed by atoms with Crippen LogP contribution in [0.2, 0.25) is 0 Å². The number of rotatable bonds is 16. The molecule has 0 radical (unpaired) electrons. The van der Waals surface area contributed by atoms with E-state index in [4.69, 9.17) is 9.47 Å². The topological polar surface area (TPSA) is 55.8 Å². The maximum absolute atomic E-state index is 14.1. The number of benzene rings is 3. The van der Waals surface area contributed by atoms with Crippen molar-refractivity contribution in [3.8, 4) is 11.5 Å². The summed E-state index contributed by atoms with van der Waals surface area (Å²) in [5, 5.41) is -0.481. The van der Waals surface area contributed by atoms with E-state index >= 15 is 0 Å². The third kappa shape index (κ3) is 8.95. The summed E-state index contributed by atoms with van der Waals surface area (Å²) in [5.74, 6) is 3.13. The zero-order valence-electron chi connectivity index (χ0n) is 21.7. The van der Waals surface area contributed by atoms with Gasteiger partial charge in [0.05, 0.1) is 19.5 Å². The summed E-state index contributed by atoms with van der Waals surface area (Å²) in [4.78, 5) is 0. The van der Waals surface area contributed by atoms with Crippen molar-refractivity contribution in [3.05, 3.63) is 108 Å². The van der Waals surface area contributed by atoms with Gasteiger partial charge in [0, 0.05) is 18.8 Å². The first-order valence-corrected chi connectivity index (χ1v) is 15.1. The third-order valence-electron chi connectivity index (χ3n) is 6.21. The lowest BCUT2D eigenvalue weighted by Crippen LogP contribution is -2.38. The Balaban J connectivity index is 1.79. The fourth-order valence-electron chi connectivity index (χ4n) is 4.04. The lowest BCUT2D eigenvalue weighted by atomic mass is 10.2. The van der Waals surface area contributed by atoms with Crippen molar-refractivity contribution in [1.29, 1.82) is 0 Å². The molecular weight excluding hydrogens is 502 g/mol. The van der Waals surface area contributed by atoms with Gasteiger partial charge in [-0.05, 0) is 66.0 Å². The Morgan fingerprint density at radius 2 is 1.35 bits per heavy atom. The summed E-state index contributed by atoms with van der Waals surface area (Å²) in [6.45, 7) is 4.41. The highest BCUT2D eigenvalue weighted by Crippen LogP contribution is 2.26. The second kappa shape index (κ2) is 14.9. The standard InChI is InChI=1S/C30H37NO4S2/c1-4-5-11-30(20-21-36-24-27-9-7-6-8-10-27)37(32,33)31(22-25-12-16-28(34-2)17-13-25)23-26-14-18-29(35-3)19-15-26/h4,6-10,12-19,30H,1,5,11,20-24H2,2-3H3/t30-/m0/s1. The van der Waals surface area contributed by atoms with Crippen molar-refractivity contribution in [1.82, 2.24) is 4.31 Å². The molecule has 0 heterocycles. The van der Waals surface area contributed by atoms with Crippen LogP contribution in [0.3, 0.4) is 0 Å². The van der Waals surface area contributed by atoms with Gasteiger partial charge in [-0.2, -0.15) is 16.1 Å². The van der Waals surface area contributed by atoms with E-state index in [9.17, 15) is 8.42 Å². The first-order chi connectivity index (χ1) is 18.0. The van der Waals surface area contributed by atoms with Crippen LogP contribution in [0.5, 0.6) is 11.5 Å². The smallest absolute Gasteiger partial charge is 0.217 e. The van der Waals surface area contributed by atoms with Crippen molar-refractivity contribution >= 4 is 21.8 Å². The van der Waals surface area contributed by atoms with Crippen LogP contribution in [-0.2, 0) is 28.9 Å². The van der Waals surface area contributed by atoms with E-state index in [-0.39, 0.29) is 0 Å². The summed E-state index contributed by atoms with van der Waals surface area (Å²) in [5.41, 5.74) is 3.08. The number of nitrogens with zero attached hydrogens (tertiary/aromatic N) is 1. The SMILES string of the molecule is C=CCC[C@@H](CCSCc1ccccc1)S(=O)(=O)N(Cc1ccc(OC)cc1)Cc1ccc(OC)cc1. The maximum Gasteiger partial charge on any atom is 0.217 e. The van der Waals surface area contributed by atoms with E-state index in [0.29, 0.717) is 32.4 Å². The monoisotopic (exact) mass is 539 g/mol. The molecule has 0 amide bonds. The van der Waals surface area contributed by atoms with Crippen LogP contribution in [0.4, 0.5) is 0 Å². The van der Waals surface area contributed by atoms with Crippen molar-refractivity contribution in [2.24, 2.45) is 0 Å². The Bertz CT molecular complexity index is 1130. The van der Waals surface area contributed by atoms with Crippen molar-refractivity contribution in [3.63, 3.8) is 0 Å². The average Bonchev–Trinajstić information content (AvgIpc) is 2.93. The second-order valence-electron chi connectivity index (χ2n) is 8.82. The summed E-state index contributed by atoms with van der Waals surface area (Å²) >= 11 is 1.78. The number of methoxy groups -OCH3 is 2. The first-order valence-electron chi connectivity index (χ1n) is 12.4. The van der Waals surface area contributed by atoms with Gasteiger partial charge in [0.15, 0.2) is 0 Å². The molecule has 0 fully saturated rings. The van der Waals surface area contributed by atoms with E-state index in [1.165, 1.54) is 5.56 Å². The van der Waals surface area contributed by atoms with Gasteiger partial charge in [0.25, 0.3) is 0 Å². The molecule has 0 saturated heterocycles. The molecule has 5 nitrogen and oxygen atoms in total. The normalized spacial score (nSPS) is 12.3. The van der Waals surface area contributed by atoms with Gasteiger partial charge in [-0.15, -0.1) is 6.58 Å². The quantitative estimate of drug-likeness (QED) is 0.150. The van der Waals surface area contributed by atoms with Gasteiger partial charge < -0.3 is 9.47 Å². The summed E-state index contributed by atoms with van der Waals surface area (Å²) in [6, 6.07) is 25.4. The molecule has 0 saturated carbocycles. The molecule has 1 atom stereocenters. The highest BCUT2D eigenvalue weighted by molar-refractivity contribution is 7.98. The predicted molar refractivity (Wildman–Crippen MR) is 155 cm³/mol. The zero-order valence-corrected chi connectivity index (χ0v) is 23.3. The first kappa shape index (κ1) is 28.8. The number of hydrogen-bond donors (Lipinski definition) is 0. The molecule has 0 aromatic heterocycles. The van der Waals surface area contributed by atoms with Crippen LogP contribution in [0.25, 0.3) is 0 Å². The molecule has 0 aliphatic heterocycles. The maximum atomic E-state index is 14.1. The fourth-order valence-corrected chi connectivity index (χ4v) is 7.14. The Labute approximate surface area is 226 Å². The van der Waals surface area contributed by atoms with Crippen LogP contribution < -0.4 is 9.47 Å². The molecule has 0 spiro atoms. The van der Waals surface area contributed by atoms with E-state index in [2.05, 4.69) is 18.7 Å². The number of allylic oxidation sites excluding steroid dienone is 1. The molecule has 0 N–H and O–H groups in total. The Morgan fingerprint density at radius 1 is 0.811 bits per heavy atom. The minimum absolute atomic E-state index is 0.292. The highest BCUT2D eigenvalue weighted by atomic mass is 32.2. The van der Waals surface area contributed by atoms with Gasteiger partial charge in [-0.3, -0.25) is 0 Å². The lowest BCUT2D eigenvalue weighted by molar-refractivity contribution is 0.388. The molecule has 0 aliphatic carbocycles. The minimum Gasteiger partial charge on any atom is -0.497 e. The van der Waals surface area contributed by atoms with E-state index in [1.807, 2.05) is 66.7 Å². The van der Waals surface area contributed by atoms with E-state index in [1.54, 1.807) is 36.4 Å². The second-order valence-corrected chi connectivity index (χ2v) is 12.1. The third-order valence-corrected chi connectivity index (χ3v) is 9.56. The van der Waals surface area contributed by atoms with Crippen LogP contribution in [0, 0.1) is 0 Å². The summed E-state index contributed by atoms with van der Waals surface area (Å²) in [6.07, 6.45) is 3.61. The minimum atomic E-state index is -3.60. The molecule has 3 aromatic carbocycles. The number of thioether (sulfide) groups is 1. The van der Waals surface area contributed by atoms with Gasteiger partial charge >= 0.3 is 0 Å². The van der Waals surface area contributed by atoms with E-state index < -0.39 is 15.3 Å². The number of ether oxygens (including phenoxy) is 2. The molecule has 0 unspecified atom stereocenters. The van der Waals surface area contributed by atoms with E-state index in [0.717, 1.165) is 34.1 Å². The summed E-state index contributed by atoms with van der Waals surface area (Å²) in [7, 11) is -0.358. The highest BCUT2D eigenvalue weighted by Gasteiger charge is 2.31. The Kier molecular flexibility index (Phi) is 11.6. The molecule has 3 rings (SSSR count). The average molecular weight is 540 g/mol. The van der Waals surface area contributed by atoms with Gasteiger partial charge in [-0.25, -0.2) is 8.42 Å². The van der Waals surface area contributed by atoms with Gasteiger partial charge in [0.2, 0.25) is 10.0 Å². The molecule has 3 aromatic rings. The van der Waals surface area contributed by atoms with Crippen LogP contribution in [-0.4, -0.2) is 37.9 Å². The summed E-state index contributed by atoms with van der Waals surface area (Å²) < 4.78 is 40.3. The molecule has 0 aliphatic rings. The molecule has 0 bridgehead atoms. The van der Waals surface area contributed by atoms with Crippen molar-refractivity contribution in [2.45, 2.75) is 43.4 Å². The van der Waals surface area contributed by atoms with Crippen molar-refractivity contribution in [2.75, 3.05) is 20.0 Å². The largest absolute Gasteiger partial charge is 0.497 e. The fraction of sp³-hybridized carbons (Fsp3) is 0.333. The molecular formula is C30H37NO4S2. The number of sulfonamides is 1. The predicted octanol–water partition coefficient (Wildman–Crippen LogP) is 6.69. The van der Waals surface area contributed by atoms with Gasteiger partial charge in [-0.1, -0.05) is 60.7 Å². The molecule has 198 valence electrons. The van der Waals surface area contributed by atoms with Crippen LogP contribution in [0.15, 0.2) is 91.5 Å². The van der Waals surface area contributed by atoms with Crippen LogP contribution >= 0.6 is 11.8 Å². The Hall–Kier alpha value is -2.74. The zero-order chi connectivity index (χ0) is 26.5. The number of hydrogen-bond acceptors (Lipinski definition) is 5. The molecule has 37 heavy (non-hydrogen) atoms. The van der Waals surface area contributed by atoms with Crippen molar-refractivity contribution < 1.29 is 17.9 Å². The Morgan fingerprint density at radius 3 is 1.84 bits per heavy atom. The van der Waals surface area contributed by atoms with Crippen LogP contribution in [0.1, 0.15) is 36.0 Å². The van der Waals surface area contributed by atoms with Gasteiger partial charge in [0.1, 0.15) is 11.5 Å². The molecule has 7 heteroatoms. The lowest BCUT2D eigenvalue weighted by Gasteiger charge is -2.28.